The van der Waals surface area contributed by atoms with Gasteiger partial charge in [-0.25, -0.2) is 9.97 Å². The first-order valence-corrected chi connectivity index (χ1v) is 12.3. The highest BCUT2D eigenvalue weighted by molar-refractivity contribution is 7.23. The lowest BCUT2D eigenvalue weighted by atomic mass is 10.0. The number of carbonyl (C=O) groups is 1. The third-order valence-electron chi connectivity index (χ3n) is 5.60. The maximum Gasteiger partial charge on any atom is 0.263 e. The van der Waals surface area contributed by atoms with Crippen LogP contribution < -0.4 is 10.1 Å². The number of carbonyl (C=O) groups excluding carboxylic acids is 1. The molecule has 1 N–H and O–H groups in total. The molecule has 176 valence electrons. The summed E-state index contributed by atoms with van der Waals surface area (Å²) in [4.78, 5) is 26.0. The average molecular weight is 512 g/mol. The van der Waals surface area contributed by atoms with E-state index in [0.29, 0.717) is 16.6 Å². The highest BCUT2D eigenvalue weighted by Crippen LogP contribution is 2.39. The number of thiazole rings is 1. The molecule has 0 spiro atoms. The molecule has 1 amide bonds. The molecule has 3 aromatic carbocycles. The number of amides is 1. The van der Waals surface area contributed by atoms with Crippen LogP contribution in [-0.4, -0.2) is 31.9 Å². The fourth-order valence-corrected chi connectivity index (χ4v) is 5.15. The van der Waals surface area contributed by atoms with Crippen LogP contribution in [0.15, 0.2) is 91.4 Å². The van der Waals surface area contributed by atoms with Gasteiger partial charge in [-0.15, -0.1) is 0 Å². The van der Waals surface area contributed by atoms with Gasteiger partial charge in [-0.1, -0.05) is 47.2 Å². The lowest BCUT2D eigenvalue weighted by Crippen LogP contribution is -2.20. The number of rotatable bonds is 6. The van der Waals surface area contributed by atoms with E-state index in [1.165, 1.54) is 12.4 Å². The Labute approximate surface area is 215 Å². The SMILES string of the molecule is O=C(COc1ccc(-c2c(-c3ccc(Cl)cc3)nc3sc4ccccc4n23)cc1)Nc1cnccn1. The molecule has 7 nitrogen and oxygen atoms in total. The van der Waals surface area contributed by atoms with Gasteiger partial charge in [0, 0.05) is 28.5 Å². The second-order valence-corrected chi connectivity index (χ2v) is 9.40. The van der Waals surface area contributed by atoms with Gasteiger partial charge in [0.2, 0.25) is 0 Å². The molecule has 0 fully saturated rings. The van der Waals surface area contributed by atoms with E-state index in [0.717, 1.165) is 37.7 Å². The van der Waals surface area contributed by atoms with E-state index in [1.54, 1.807) is 17.5 Å². The Bertz CT molecular complexity index is 1680. The van der Waals surface area contributed by atoms with E-state index in [-0.39, 0.29) is 12.5 Å². The molecule has 0 saturated carbocycles. The van der Waals surface area contributed by atoms with Crippen LogP contribution in [0.25, 0.3) is 37.7 Å². The van der Waals surface area contributed by atoms with Gasteiger partial charge in [0.15, 0.2) is 17.4 Å². The largest absolute Gasteiger partial charge is 0.484 e. The molecular formula is C27H18ClN5O2S. The zero-order valence-corrected chi connectivity index (χ0v) is 20.3. The Kier molecular flexibility index (Phi) is 5.80. The molecule has 3 aromatic heterocycles. The van der Waals surface area contributed by atoms with Crippen LogP contribution in [0.1, 0.15) is 0 Å². The summed E-state index contributed by atoms with van der Waals surface area (Å²) in [5, 5.41) is 3.33. The monoisotopic (exact) mass is 511 g/mol. The Hall–Kier alpha value is -4.27. The van der Waals surface area contributed by atoms with Gasteiger partial charge in [0.1, 0.15) is 5.75 Å². The smallest absolute Gasteiger partial charge is 0.263 e. The van der Waals surface area contributed by atoms with E-state index in [1.807, 2.05) is 60.7 Å². The zero-order chi connectivity index (χ0) is 24.5. The number of hydrogen-bond donors (Lipinski definition) is 1. The number of ether oxygens (including phenoxy) is 1. The maximum atomic E-state index is 12.2. The molecule has 3 heterocycles. The topological polar surface area (TPSA) is 81.4 Å². The maximum absolute atomic E-state index is 12.2. The Morgan fingerprint density at radius 3 is 2.53 bits per heavy atom. The predicted molar refractivity (Wildman–Crippen MR) is 143 cm³/mol. The molecule has 6 aromatic rings. The van der Waals surface area contributed by atoms with Crippen molar-refractivity contribution in [1.29, 1.82) is 0 Å². The summed E-state index contributed by atoms with van der Waals surface area (Å²) >= 11 is 7.79. The lowest BCUT2D eigenvalue weighted by Gasteiger charge is -2.09. The number of aromatic nitrogens is 4. The van der Waals surface area contributed by atoms with Crippen LogP contribution in [-0.2, 0) is 4.79 Å². The minimum atomic E-state index is -0.313. The van der Waals surface area contributed by atoms with Crippen molar-refractivity contribution in [2.24, 2.45) is 0 Å². The third kappa shape index (κ3) is 4.28. The van der Waals surface area contributed by atoms with Crippen molar-refractivity contribution in [3.63, 3.8) is 0 Å². The second-order valence-electron chi connectivity index (χ2n) is 7.96. The van der Waals surface area contributed by atoms with Gasteiger partial charge in [-0.3, -0.25) is 14.2 Å². The van der Waals surface area contributed by atoms with Crippen LogP contribution in [0.5, 0.6) is 5.75 Å². The van der Waals surface area contributed by atoms with Gasteiger partial charge in [-0.2, -0.15) is 0 Å². The van der Waals surface area contributed by atoms with Crippen LogP contribution >= 0.6 is 22.9 Å². The van der Waals surface area contributed by atoms with Crippen molar-refractivity contribution in [3.05, 3.63) is 96.4 Å². The molecule has 6 rings (SSSR count). The number of hydrogen-bond acceptors (Lipinski definition) is 6. The summed E-state index contributed by atoms with van der Waals surface area (Å²) in [7, 11) is 0. The van der Waals surface area contributed by atoms with Gasteiger partial charge >= 0.3 is 0 Å². The van der Waals surface area contributed by atoms with Gasteiger partial charge < -0.3 is 10.1 Å². The third-order valence-corrected chi connectivity index (χ3v) is 6.87. The van der Waals surface area contributed by atoms with Crippen LogP contribution in [0.3, 0.4) is 0 Å². The van der Waals surface area contributed by atoms with Crippen molar-refractivity contribution in [1.82, 2.24) is 19.4 Å². The van der Waals surface area contributed by atoms with Gasteiger partial charge in [0.05, 0.1) is 27.8 Å². The van der Waals surface area contributed by atoms with Gasteiger partial charge in [-0.05, 0) is 48.5 Å². The van der Waals surface area contributed by atoms with Crippen molar-refractivity contribution in [2.45, 2.75) is 0 Å². The van der Waals surface area contributed by atoms with E-state index in [9.17, 15) is 4.79 Å². The molecule has 36 heavy (non-hydrogen) atoms. The first-order valence-electron chi connectivity index (χ1n) is 11.1. The molecule has 0 unspecified atom stereocenters. The second kappa shape index (κ2) is 9.41. The average Bonchev–Trinajstić information content (AvgIpc) is 3.45. The quantitative estimate of drug-likeness (QED) is 0.282. The standard InChI is InChI=1S/C27H18ClN5O2S/c28-19-9-5-17(6-10-19)25-26(33-21-3-1-2-4-22(21)36-27(33)32-25)18-7-11-20(12-8-18)35-16-24(34)31-23-15-29-13-14-30-23/h1-15H,16H2,(H,30,31,34). The first kappa shape index (κ1) is 22.2. The number of nitrogens with one attached hydrogen (secondary N) is 1. The summed E-state index contributed by atoms with van der Waals surface area (Å²) < 4.78 is 9.04. The normalized spacial score (nSPS) is 11.1. The number of nitrogens with zero attached hydrogens (tertiary/aromatic N) is 4. The van der Waals surface area contributed by atoms with E-state index in [2.05, 4.69) is 31.8 Å². The van der Waals surface area contributed by atoms with Crippen molar-refractivity contribution < 1.29 is 9.53 Å². The van der Waals surface area contributed by atoms with E-state index < -0.39 is 0 Å². The van der Waals surface area contributed by atoms with Crippen LogP contribution in [0, 0.1) is 0 Å². The molecule has 0 aliphatic rings. The zero-order valence-electron chi connectivity index (χ0n) is 18.8. The Balaban J connectivity index is 1.33. The molecule has 0 bridgehead atoms. The summed E-state index contributed by atoms with van der Waals surface area (Å²) in [5.74, 6) is 0.646. The minimum absolute atomic E-state index is 0.141. The molecule has 0 saturated heterocycles. The highest BCUT2D eigenvalue weighted by atomic mass is 35.5. The van der Waals surface area contributed by atoms with E-state index >= 15 is 0 Å². The lowest BCUT2D eigenvalue weighted by molar-refractivity contribution is -0.118. The molecule has 0 atom stereocenters. The Morgan fingerprint density at radius 1 is 0.972 bits per heavy atom. The summed E-state index contributed by atoms with van der Waals surface area (Å²) in [6.45, 7) is -0.141. The first-order chi connectivity index (χ1) is 17.7. The summed E-state index contributed by atoms with van der Waals surface area (Å²) in [6.07, 6.45) is 4.53. The number of fused-ring (bicyclic) bond motifs is 3. The van der Waals surface area contributed by atoms with E-state index in [4.69, 9.17) is 21.3 Å². The summed E-state index contributed by atoms with van der Waals surface area (Å²) in [5.41, 5.74) is 4.92. The predicted octanol–water partition coefficient (Wildman–Crippen LogP) is 6.34. The number of halogens is 1. The fraction of sp³-hybridized carbons (Fsp3) is 0.0370. The van der Waals surface area contributed by atoms with Crippen molar-refractivity contribution in [3.8, 4) is 28.3 Å². The minimum Gasteiger partial charge on any atom is -0.484 e. The molecule has 9 heteroatoms. The van der Waals surface area contributed by atoms with Gasteiger partial charge in [0.25, 0.3) is 5.91 Å². The van der Waals surface area contributed by atoms with Crippen molar-refractivity contribution >= 4 is 49.8 Å². The highest BCUT2D eigenvalue weighted by Gasteiger charge is 2.20. The fourth-order valence-electron chi connectivity index (χ4n) is 3.99. The number of imidazole rings is 1. The number of anilines is 1. The molecule has 0 aliphatic carbocycles. The molecule has 0 aliphatic heterocycles. The number of benzene rings is 3. The van der Waals surface area contributed by atoms with Crippen molar-refractivity contribution in [2.75, 3.05) is 11.9 Å². The van der Waals surface area contributed by atoms with Crippen LogP contribution in [0.2, 0.25) is 5.02 Å². The Morgan fingerprint density at radius 2 is 1.75 bits per heavy atom. The van der Waals surface area contributed by atoms with Crippen LogP contribution in [0.4, 0.5) is 5.82 Å². The molecule has 0 radical (unpaired) electrons. The summed E-state index contributed by atoms with van der Waals surface area (Å²) in [6, 6.07) is 23.6. The number of para-hydroxylation sites is 1. The molecular weight excluding hydrogens is 494 g/mol.